The summed E-state index contributed by atoms with van der Waals surface area (Å²) in [7, 11) is 0. The highest BCUT2D eigenvalue weighted by atomic mass is 32.2. The van der Waals surface area contributed by atoms with Gasteiger partial charge in [-0.1, -0.05) is 31.2 Å². The zero-order valence-corrected chi connectivity index (χ0v) is 16.9. The Hall–Kier alpha value is -2.27. The number of ether oxygens (including phenoxy) is 1. The van der Waals surface area contributed by atoms with Crippen LogP contribution < -0.4 is 0 Å². The van der Waals surface area contributed by atoms with E-state index in [1.165, 1.54) is 11.8 Å². The number of nitrogens with zero attached hydrogens (tertiary/aromatic N) is 7. The van der Waals surface area contributed by atoms with E-state index in [1.807, 2.05) is 29.0 Å². The van der Waals surface area contributed by atoms with Gasteiger partial charge >= 0.3 is 5.97 Å². The topological polar surface area (TPSA) is 101 Å². The van der Waals surface area contributed by atoms with E-state index in [0.717, 1.165) is 36.6 Å². The second-order valence-electron chi connectivity index (χ2n) is 5.65. The van der Waals surface area contributed by atoms with Crippen LogP contribution in [0.1, 0.15) is 32.5 Å². The van der Waals surface area contributed by atoms with Crippen LogP contribution in [0.4, 0.5) is 0 Å². The molecule has 0 bridgehead atoms. The van der Waals surface area contributed by atoms with Gasteiger partial charge in [-0.3, -0.25) is 4.79 Å². The average Bonchev–Trinajstić information content (AvgIpc) is 3.42. The SMILES string of the molecule is CCCCn1nnnc1COC(=O)CSc1nnc(-c2cccs2)n1CC. The Morgan fingerprint density at radius 3 is 2.93 bits per heavy atom. The number of hydrogen-bond acceptors (Lipinski definition) is 9. The van der Waals surface area contributed by atoms with Gasteiger partial charge in [0.1, 0.15) is 0 Å². The van der Waals surface area contributed by atoms with E-state index in [0.29, 0.717) is 11.0 Å². The van der Waals surface area contributed by atoms with Gasteiger partial charge in [-0.05, 0) is 35.2 Å². The Balaban J connectivity index is 1.53. The number of thioether (sulfide) groups is 1. The second-order valence-corrected chi connectivity index (χ2v) is 7.54. The first-order valence-corrected chi connectivity index (χ1v) is 10.6. The molecule has 27 heavy (non-hydrogen) atoms. The monoisotopic (exact) mass is 407 g/mol. The molecule has 0 unspecified atom stereocenters. The molecule has 3 aromatic rings. The molecule has 0 aliphatic heterocycles. The molecule has 0 atom stereocenters. The normalized spacial score (nSPS) is 11.0. The Labute approximate surface area is 165 Å². The Kier molecular flexibility index (Phi) is 6.93. The molecule has 0 fully saturated rings. The zero-order valence-electron chi connectivity index (χ0n) is 15.2. The fourth-order valence-corrected chi connectivity index (χ4v) is 3.90. The number of aromatic nitrogens is 7. The molecule has 0 radical (unpaired) electrons. The summed E-state index contributed by atoms with van der Waals surface area (Å²) in [4.78, 5) is 13.1. The number of tetrazole rings is 1. The molecule has 0 saturated heterocycles. The predicted molar refractivity (Wildman–Crippen MR) is 102 cm³/mol. The molecule has 3 heterocycles. The minimum Gasteiger partial charge on any atom is -0.457 e. The average molecular weight is 408 g/mol. The molecule has 0 aromatic carbocycles. The summed E-state index contributed by atoms with van der Waals surface area (Å²) in [5.74, 6) is 1.18. The summed E-state index contributed by atoms with van der Waals surface area (Å²) in [5.41, 5.74) is 0. The summed E-state index contributed by atoms with van der Waals surface area (Å²) in [6, 6.07) is 3.99. The van der Waals surface area contributed by atoms with E-state index < -0.39 is 0 Å². The van der Waals surface area contributed by atoms with Crippen LogP contribution >= 0.6 is 23.1 Å². The van der Waals surface area contributed by atoms with Crippen LogP contribution in [-0.4, -0.2) is 46.7 Å². The van der Waals surface area contributed by atoms with Crippen LogP contribution in [0.5, 0.6) is 0 Å². The van der Waals surface area contributed by atoms with Crippen molar-refractivity contribution >= 4 is 29.1 Å². The Bertz CT molecular complexity index is 860. The van der Waals surface area contributed by atoms with E-state index in [4.69, 9.17) is 4.74 Å². The number of carbonyl (C=O) groups is 1. The number of thiophene rings is 1. The van der Waals surface area contributed by atoms with Crippen LogP contribution in [0.25, 0.3) is 10.7 Å². The number of esters is 1. The van der Waals surface area contributed by atoms with Crippen molar-refractivity contribution in [2.45, 2.75) is 51.5 Å². The lowest BCUT2D eigenvalue weighted by Crippen LogP contribution is -2.12. The van der Waals surface area contributed by atoms with E-state index in [-0.39, 0.29) is 18.3 Å². The first-order chi connectivity index (χ1) is 13.2. The molecule has 11 heteroatoms. The number of hydrogen-bond donors (Lipinski definition) is 0. The predicted octanol–water partition coefficient (Wildman–Crippen LogP) is 2.65. The highest BCUT2D eigenvalue weighted by Gasteiger charge is 2.16. The Morgan fingerprint density at radius 2 is 2.19 bits per heavy atom. The van der Waals surface area contributed by atoms with Crippen molar-refractivity contribution in [3.05, 3.63) is 23.3 Å². The largest absolute Gasteiger partial charge is 0.457 e. The van der Waals surface area contributed by atoms with Crippen molar-refractivity contribution in [2.24, 2.45) is 0 Å². The van der Waals surface area contributed by atoms with Gasteiger partial charge in [0, 0.05) is 13.1 Å². The van der Waals surface area contributed by atoms with Crippen molar-refractivity contribution in [1.29, 1.82) is 0 Å². The van der Waals surface area contributed by atoms with Crippen molar-refractivity contribution < 1.29 is 9.53 Å². The first kappa shape index (κ1) is 19.5. The summed E-state index contributed by atoms with van der Waals surface area (Å²) in [6.07, 6.45) is 2.02. The maximum atomic E-state index is 12.1. The molecular weight excluding hydrogens is 386 g/mol. The third-order valence-electron chi connectivity index (χ3n) is 3.79. The molecule has 3 aromatic heterocycles. The number of unbranched alkanes of at least 4 members (excludes halogenated alkanes) is 1. The van der Waals surface area contributed by atoms with Gasteiger partial charge in [-0.15, -0.1) is 26.6 Å². The lowest BCUT2D eigenvalue weighted by atomic mass is 10.3. The molecule has 0 N–H and O–H groups in total. The van der Waals surface area contributed by atoms with E-state index in [1.54, 1.807) is 16.0 Å². The van der Waals surface area contributed by atoms with Gasteiger partial charge in [0.15, 0.2) is 23.4 Å². The number of aryl methyl sites for hydroxylation is 1. The maximum absolute atomic E-state index is 12.1. The minimum absolute atomic E-state index is 0.0665. The summed E-state index contributed by atoms with van der Waals surface area (Å²) < 4.78 is 8.97. The van der Waals surface area contributed by atoms with Gasteiger partial charge in [-0.2, -0.15) is 0 Å². The lowest BCUT2D eigenvalue weighted by molar-refractivity contribution is -0.142. The number of rotatable bonds is 10. The van der Waals surface area contributed by atoms with Crippen molar-refractivity contribution in [2.75, 3.05) is 5.75 Å². The standard InChI is InChI=1S/C16H21N7O2S2/c1-3-5-8-23-13(17-20-21-23)10-25-14(24)11-27-16-19-18-15(22(16)4-2)12-7-6-9-26-12/h6-7,9H,3-5,8,10-11H2,1-2H3. The first-order valence-electron chi connectivity index (χ1n) is 8.73. The molecule has 0 aliphatic rings. The lowest BCUT2D eigenvalue weighted by Gasteiger charge is -2.07. The van der Waals surface area contributed by atoms with Gasteiger partial charge < -0.3 is 9.30 Å². The van der Waals surface area contributed by atoms with E-state index >= 15 is 0 Å². The highest BCUT2D eigenvalue weighted by molar-refractivity contribution is 7.99. The van der Waals surface area contributed by atoms with E-state index in [9.17, 15) is 4.79 Å². The minimum atomic E-state index is -0.339. The Morgan fingerprint density at radius 1 is 1.30 bits per heavy atom. The maximum Gasteiger partial charge on any atom is 0.316 e. The second kappa shape index (κ2) is 9.60. The summed E-state index contributed by atoms with van der Waals surface area (Å²) >= 11 is 2.93. The molecule has 0 amide bonds. The van der Waals surface area contributed by atoms with E-state index in [2.05, 4.69) is 32.6 Å². The summed E-state index contributed by atoms with van der Waals surface area (Å²) in [5, 5.41) is 22.6. The molecule has 3 rings (SSSR count). The van der Waals surface area contributed by atoms with Crippen LogP contribution in [-0.2, 0) is 29.2 Å². The number of carbonyl (C=O) groups excluding carboxylic acids is 1. The van der Waals surface area contributed by atoms with Crippen LogP contribution in [0.15, 0.2) is 22.7 Å². The van der Waals surface area contributed by atoms with Crippen LogP contribution in [0.2, 0.25) is 0 Å². The van der Waals surface area contributed by atoms with Gasteiger partial charge in [0.25, 0.3) is 0 Å². The fraction of sp³-hybridized carbons (Fsp3) is 0.500. The molecule has 9 nitrogen and oxygen atoms in total. The molecule has 0 aliphatic carbocycles. The highest BCUT2D eigenvalue weighted by Crippen LogP contribution is 2.27. The zero-order chi connectivity index (χ0) is 19.1. The third-order valence-corrected chi connectivity index (χ3v) is 5.59. The van der Waals surface area contributed by atoms with Crippen LogP contribution in [0.3, 0.4) is 0 Å². The van der Waals surface area contributed by atoms with Crippen molar-refractivity contribution in [1.82, 2.24) is 35.0 Å². The van der Waals surface area contributed by atoms with Gasteiger partial charge in [0.05, 0.1) is 10.6 Å². The van der Waals surface area contributed by atoms with Crippen LogP contribution in [0, 0.1) is 0 Å². The summed E-state index contributed by atoms with van der Waals surface area (Å²) in [6.45, 7) is 5.64. The van der Waals surface area contributed by atoms with Gasteiger partial charge in [0.2, 0.25) is 0 Å². The smallest absolute Gasteiger partial charge is 0.316 e. The molecule has 0 spiro atoms. The van der Waals surface area contributed by atoms with Crippen molar-refractivity contribution in [3.63, 3.8) is 0 Å². The molecular formula is C16H21N7O2S2. The van der Waals surface area contributed by atoms with Gasteiger partial charge in [-0.25, -0.2) is 4.68 Å². The van der Waals surface area contributed by atoms with Crippen molar-refractivity contribution in [3.8, 4) is 10.7 Å². The molecule has 144 valence electrons. The third kappa shape index (κ3) is 4.92. The quantitative estimate of drug-likeness (QED) is 0.373. The molecule has 0 saturated carbocycles. The fourth-order valence-electron chi connectivity index (χ4n) is 2.39.